The normalized spacial score (nSPS) is 8.82. The molecular weight excluding hydrogens is 160 g/mol. The molecule has 0 heterocycles. The van der Waals surface area contributed by atoms with Crippen LogP contribution < -0.4 is 4.74 Å². The third-order valence-electron chi connectivity index (χ3n) is 1.22. The maximum atomic E-state index is 6.76. The molecule has 58 valence electrons. The number of benzene rings is 1. The zero-order chi connectivity index (χ0) is 8.10. The molecule has 0 bridgehead atoms. The van der Waals surface area contributed by atoms with E-state index in [1.165, 1.54) is 0 Å². The number of hydrogen-bond donors (Lipinski definition) is 1. The Kier molecular flexibility index (Phi) is 2.80. The summed E-state index contributed by atoms with van der Waals surface area (Å²) in [5.41, 5.74) is 0.783. The third-order valence-corrected chi connectivity index (χ3v) is 1.53. The summed E-state index contributed by atoms with van der Waals surface area (Å²) in [5.74, 6) is 0.805. The molecule has 0 saturated heterocycles. The number of nitrogens with one attached hydrogen (secondary N) is 1. The van der Waals surface area contributed by atoms with Crippen molar-refractivity contribution in [2.24, 2.45) is 4.36 Å². The molecule has 3 nitrogen and oxygen atoms in total. The van der Waals surface area contributed by atoms with Crippen LogP contribution in [0.25, 0.3) is 0 Å². The van der Waals surface area contributed by atoms with Gasteiger partial charge in [-0.25, -0.2) is 4.78 Å². The van der Waals surface area contributed by atoms with Crippen molar-refractivity contribution in [3.05, 3.63) is 24.3 Å². The quantitative estimate of drug-likeness (QED) is 0.723. The summed E-state index contributed by atoms with van der Waals surface area (Å²) in [6.07, 6.45) is 0. The molecule has 0 amide bonds. The molecular formula is C7H8N2OS. The molecule has 1 aromatic rings. The van der Waals surface area contributed by atoms with Crippen LogP contribution in [0.1, 0.15) is 0 Å². The predicted molar refractivity (Wildman–Crippen MR) is 45.2 cm³/mol. The van der Waals surface area contributed by atoms with Gasteiger partial charge in [0.05, 0.1) is 24.2 Å². The first kappa shape index (κ1) is 7.94. The lowest BCUT2D eigenvalue weighted by Crippen LogP contribution is -1.79. The molecule has 0 saturated carbocycles. The first-order valence-electron chi connectivity index (χ1n) is 3.04. The van der Waals surface area contributed by atoms with Gasteiger partial charge in [-0.05, 0) is 24.3 Å². The van der Waals surface area contributed by atoms with Gasteiger partial charge in [0.25, 0.3) is 0 Å². The number of nitrogens with zero attached hydrogens (tertiary/aromatic N) is 1. The molecule has 0 aliphatic carbocycles. The van der Waals surface area contributed by atoms with Gasteiger partial charge in [0.2, 0.25) is 0 Å². The van der Waals surface area contributed by atoms with Gasteiger partial charge in [0, 0.05) is 0 Å². The summed E-state index contributed by atoms with van der Waals surface area (Å²) in [6, 6.07) is 7.24. The minimum Gasteiger partial charge on any atom is -0.497 e. The fourth-order valence-electron chi connectivity index (χ4n) is 0.696. The summed E-state index contributed by atoms with van der Waals surface area (Å²) in [6.45, 7) is 0. The second kappa shape index (κ2) is 3.88. The molecule has 0 aliphatic heterocycles. The average Bonchev–Trinajstić information content (AvgIpc) is 2.07. The van der Waals surface area contributed by atoms with Crippen molar-refractivity contribution in [3.63, 3.8) is 0 Å². The first-order valence-corrected chi connectivity index (χ1v) is 3.82. The number of hydrogen-bond acceptors (Lipinski definition) is 3. The maximum Gasteiger partial charge on any atom is 0.119 e. The van der Waals surface area contributed by atoms with E-state index in [1.807, 2.05) is 12.1 Å². The minimum absolute atomic E-state index is 0.702. The van der Waals surface area contributed by atoms with Crippen LogP contribution in [0.2, 0.25) is 0 Å². The fourth-order valence-corrected chi connectivity index (χ4v) is 0.923. The largest absolute Gasteiger partial charge is 0.497 e. The Balaban J connectivity index is 2.91. The van der Waals surface area contributed by atoms with Crippen molar-refractivity contribution in [2.45, 2.75) is 0 Å². The Bertz CT molecular complexity index is 277. The molecule has 0 atom stereocenters. The Hall–Kier alpha value is -1.16. The van der Waals surface area contributed by atoms with Crippen LogP contribution in [0.15, 0.2) is 28.6 Å². The lowest BCUT2D eigenvalue weighted by molar-refractivity contribution is 0.415. The van der Waals surface area contributed by atoms with Gasteiger partial charge in [0.15, 0.2) is 0 Å². The third kappa shape index (κ3) is 2.16. The number of rotatable bonds is 2. The van der Waals surface area contributed by atoms with E-state index in [0.29, 0.717) is 11.4 Å². The van der Waals surface area contributed by atoms with Crippen molar-refractivity contribution in [1.82, 2.24) is 0 Å². The van der Waals surface area contributed by atoms with Crippen LogP contribution in [0.4, 0.5) is 5.69 Å². The van der Waals surface area contributed by atoms with Crippen LogP contribution >= 0.6 is 0 Å². The Labute approximate surface area is 68.7 Å². The summed E-state index contributed by atoms with van der Waals surface area (Å²) < 4.78 is 15.5. The molecule has 0 radical (unpaired) electrons. The highest BCUT2D eigenvalue weighted by Gasteiger charge is 1.89. The summed E-state index contributed by atoms with van der Waals surface area (Å²) in [7, 11) is 1.62. The number of ether oxygens (including phenoxy) is 1. The van der Waals surface area contributed by atoms with E-state index in [0.717, 1.165) is 11.4 Å². The standard InChI is InChI=1S/C7H8N2OS/c1-10-7-4-2-6(3-5-7)9-11-8/h2-5,8H,1H3. The molecule has 0 spiro atoms. The van der Waals surface area contributed by atoms with E-state index in [9.17, 15) is 0 Å². The highest BCUT2D eigenvalue weighted by molar-refractivity contribution is 7.56. The van der Waals surface area contributed by atoms with Crippen molar-refractivity contribution >= 4 is 17.0 Å². The molecule has 11 heavy (non-hydrogen) atoms. The first-order chi connectivity index (χ1) is 5.36. The Morgan fingerprint density at radius 3 is 2.45 bits per heavy atom. The van der Waals surface area contributed by atoms with E-state index >= 15 is 0 Å². The van der Waals surface area contributed by atoms with Gasteiger partial charge in [-0.1, -0.05) is 0 Å². The molecule has 1 rings (SSSR count). The molecule has 4 heteroatoms. The van der Waals surface area contributed by atoms with Gasteiger partial charge in [-0.2, -0.15) is 4.36 Å². The van der Waals surface area contributed by atoms with Crippen LogP contribution in [-0.2, 0) is 11.4 Å². The van der Waals surface area contributed by atoms with Crippen LogP contribution in [0.5, 0.6) is 5.75 Å². The topological polar surface area (TPSA) is 45.4 Å². The van der Waals surface area contributed by atoms with Crippen molar-refractivity contribution < 1.29 is 4.74 Å². The zero-order valence-electron chi connectivity index (χ0n) is 6.07. The summed E-state index contributed by atoms with van der Waals surface area (Å²) in [4.78, 5) is 0. The number of methoxy groups -OCH3 is 1. The minimum atomic E-state index is 0.702. The lowest BCUT2D eigenvalue weighted by Gasteiger charge is -1.96. The molecule has 0 aliphatic rings. The van der Waals surface area contributed by atoms with Gasteiger partial charge in [-0.15, -0.1) is 0 Å². The average molecular weight is 168 g/mol. The van der Waals surface area contributed by atoms with E-state index < -0.39 is 0 Å². The highest BCUT2D eigenvalue weighted by Crippen LogP contribution is 2.16. The van der Waals surface area contributed by atoms with E-state index in [1.54, 1.807) is 19.2 Å². The second-order valence-corrected chi connectivity index (χ2v) is 2.25. The molecule has 1 aromatic carbocycles. The van der Waals surface area contributed by atoms with Gasteiger partial charge < -0.3 is 4.74 Å². The molecule has 0 aromatic heterocycles. The van der Waals surface area contributed by atoms with E-state index in [-0.39, 0.29) is 0 Å². The molecule has 1 N–H and O–H groups in total. The molecule has 0 fully saturated rings. The highest BCUT2D eigenvalue weighted by atomic mass is 32.1. The smallest absolute Gasteiger partial charge is 0.119 e. The zero-order valence-corrected chi connectivity index (χ0v) is 6.89. The SMILES string of the molecule is COc1ccc(N=S=N)cc1. The van der Waals surface area contributed by atoms with Crippen LogP contribution in [0.3, 0.4) is 0 Å². The van der Waals surface area contributed by atoms with Gasteiger partial charge in [0.1, 0.15) is 5.75 Å². The molecule has 0 unspecified atom stereocenters. The summed E-state index contributed by atoms with van der Waals surface area (Å²) in [5, 5.41) is 0. The van der Waals surface area contributed by atoms with Crippen LogP contribution in [0, 0.1) is 4.78 Å². The predicted octanol–water partition coefficient (Wildman–Crippen LogP) is 2.36. The Morgan fingerprint density at radius 2 is 2.00 bits per heavy atom. The second-order valence-electron chi connectivity index (χ2n) is 1.88. The van der Waals surface area contributed by atoms with E-state index in [2.05, 4.69) is 4.36 Å². The van der Waals surface area contributed by atoms with Crippen molar-refractivity contribution in [3.8, 4) is 5.75 Å². The van der Waals surface area contributed by atoms with Crippen LogP contribution in [-0.4, -0.2) is 7.11 Å². The van der Waals surface area contributed by atoms with Crippen molar-refractivity contribution in [2.75, 3.05) is 7.11 Å². The lowest BCUT2D eigenvalue weighted by atomic mass is 10.3. The van der Waals surface area contributed by atoms with Gasteiger partial charge in [-0.3, -0.25) is 0 Å². The summed E-state index contributed by atoms with van der Waals surface area (Å²) >= 11 is 0.702. The fraction of sp³-hybridized carbons (Fsp3) is 0.143. The monoisotopic (exact) mass is 168 g/mol. The maximum absolute atomic E-state index is 6.76. The Morgan fingerprint density at radius 1 is 1.36 bits per heavy atom. The van der Waals surface area contributed by atoms with Crippen molar-refractivity contribution in [1.29, 1.82) is 4.78 Å². The van der Waals surface area contributed by atoms with Gasteiger partial charge >= 0.3 is 0 Å². The van der Waals surface area contributed by atoms with E-state index in [4.69, 9.17) is 9.52 Å².